The van der Waals surface area contributed by atoms with E-state index in [0.29, 0.717) is 17.0 Å². The highest BCUT2D eigenvalue weighted by Gasteiger charge is 2.19. The summed E-state index contributed by atoms with van der Waals surface area (Å²) in [6, 6.07) is 5.36. The second-order valence-electron chi connectivity index (χ2n) is 5.67. The first-order chi connectivity index (χ1) is 11.0. The zero-order valence-corrected chi connectivity index (χ0v) is 14.6. The number of carbonyl (C=O) groups is 1. The Bertz CT molecular complexity index is 517. The number of hydrogen-bond donors (Lipinski definition) is 2. The van der Waals surface area contributed by atoms with Crippen molar-refractivity contribution in [2.45, 2.75) is 32.7 Å². The molecule has 1 aliphatic heterocycles. The predicted molar refractivity (Wildman–Crippen MR) is 95.9 cm³/mol. The zero-order valence-electron chi connectivity index (χ0n) is 14.6. The van der Waals surface area contributed by atoms with Gasteiger partial charge in [0.2, 0.25) is 0 Å². The minimum atomic E-state index is -0.0622. The lowest BCUT2D eigenvalue weighted by molar-refractivity contribution is 0.0916. The number of nitrogens with two attached hydrogens (primary N) is 1. The molecule has 1 aliphatic rings. The number of nitrogens with one attached hydrogen (secondary N) is 1. The summed E-state index contributed by atoms with van der Waals surface area (Å²) < 4.78 is 5.13. The molecule has 1 fully saturated rings. The number of nitrogens with zero attached hydrogens (tertiary/aromatic N) is 1. The molecule has 1 heterocycles. The van der Waals surface area contributed by atoms with Gasteiger partial charge in [0.25, 0.3) is 5.91 Å². The van der Waals surface area contributed by atoms with Crippen molar-refractivity contribution in [1.29, 1.82) is 0 Å². The Morgan fingerprint density at radius 3 is 2.43 bits per heavy atom. The van der Waals surface area contributed by atoms with E-state index >= 15 is 0 Å². The van der Waals surface area contributed by atoms with Gasteiger partial charge in [-0.1, -0.05) is 12.2 Å². The second kappa shape index (κ2) is 9.90. The number of benzene rings is 1. The number of amides is 1. The van der Waals surface area contributed by atoms with Crippen molar-refractivity contribution < 1.29 is 9.53 Å². The zero-order chi connectivity index (χ0) is 17.2. The Morgan fingerprint density at radius 2 is 1.91 bits per heavy atom. The minimum absolute atomic E-state index is 0.0622. The number of allylic oxidation sites excluding steroid dienone is 2. The van der Waals surface area contributed by atoms with Gasteiger partial charge in [-0.2, -0.15) is 0 Å². The number of methoxy groups -OCH3 is 1. The number of piperidine rings is 1. The molecule has 23 heavy (non-hydrogen) atoms. The maximum absolute atomic E-state index is 12.2. The first kappa shape index (κ1) is 19.0. The largest absolute Gasteiger partial charge is 0.495 e. The van der Waals surface area contributed by atoms with Gasteiger partial charge in [-0.25, -0.2) is 0 Å². The van der Waals surface area contributed by atoms with E-state index in [4.69, 9.17) is 10.5 Å². The van der Waals surface area contributed by atoms with Crippen molar-refractivity contribution in [2.75, 3.05) is 33.0 Å². The molecule has 0 aliphatic carbocycles. The van der Waals surface area contributed by atoms with Gasteiger partial charge in [0.05, 0.1) is 12.8 Å². The van der Waals surface area contributed by atoms with Crippen LogP contribution in [0.5, 0.6) is 5.75 Å². The molecule has 0 aromatic heterocycles. The SMILES string of the molecule is C/C=C\C.COc1cc(C(=O)NC2CCN(C)CC2)ccc1N. The van der Waals surface area contributed by atoms with E-state index in [1.807, 2.05) is 26.0 Å². The van der Waals surface area contributed by atoms with E-state index in [0.717, 1.165) is 25.9 Å². The molecule has 1 aromatic carbocycles. The monoisotopic (exact) mass is 319 g/mol. The van der Waals surface area contributed by atoms with Crippen molar-refractivity contribution in [1.82, 2.24) is 10.2 Å². The molecule has 3 N–H and O–H groups in total. The van der Waals surface area contributed by atoms with Crippen molar-refractivity contribution in [3.05, 3.63) is 35.9 Å². The van der Waals surface area contributed by atoms with E-state index in [1.165, 1.54) is 0 Å². The molecule has 0 spiro atoms. The van der Waals surface area contributed by atoms with Crippen molar-refractivity contribution in [3.8, 4) is 5.75 Å². The summed E-state index contributed by atoms with van der Waals surface area (Å²) in [5.41, 5.74) is 6.87. The third-order valence-corrected chi connectivity index (χ3v) is 3.88. The number of rotatable bonds is 3. The van der Waals surface area contributed by atoms with Crippen LogP contribution in [0.15, 0.2) is 30.4 Å². The fourth-order valence-corrected chi connectivity index (χ4v) is 2.27. The predicted octanol–water partition coefficient (Wildman–Crippen LogP) is 2.68. The van der Waals surface area contributed by atoms with Crippen LogP contribution in [0.3, 0.4) is 0 Å². The summed E-state index contributed by atoms with van der Waals surface area (Å²) in [7, 11) is 3.65. The topological polar surface area (TPSA) is 67.6 Å². The Kier molecular flexibility index (Phi) is 8.19. The number of nitrogen functional groups attached to an aromatic ring is 1. The van der Waals surface area contributed by atoms with Crippen LogP contribution in [-0.4, -0.2) is 44.1 Å². The molecule has 0 saturated carbocycles. The molecule has 0 atom stereocenters. The third-order valence-electron chi connectivity index (χ3n) is 3.88. The highest BCUT2D eigenvalue weighted by molar-refractivity contribution is 5.95. The fraction of sp³-hybridized carbons (Fsp3) is 0.500. The van der Waals surface area contributed by atoms with Crippen LogP contribution in [0, 0.1) is 0 Å². The van der Waals surface area contributed by atoms with Crippen LogP contribution in [0.2, 0.25) is 0 Å². The summed E-state index contributed by atoms with van der Waals surface area (Å²) >= 11 is 0. The average molecular weight is 319 g/mol. The molecule has 128 valence electrons. The van der Waals surface area contributed by atoms with E-state index < -0.39 is 0 Å². The first-order valence-corrected chi connectivity index (χ1v) is 8.02. The molecular weight excluding hydrogens is 290 g/mol. The van der Waals surface area contributed by atoms with Crippen molar-refractivity contribution in [2.24, 2.45) is 0 Å². The van der Waals surface area contributed by atoms with Crippen LogP contribution in [0.25, 0.3) is 0 Å². The van der Waals surface area contributed by atoms with Gasteiger partial charge in [-0.15, -0.1) is 0 Å². The van der Waals surface area contributed by atoms with Crippen molar-refractivity contribution in [3.63, 3.8) is 0 Å². The minimum Gasteiger partial charge on any atom is -0.495 e. The summed E-state index contributed by atoms with van der Waals surface area (Å²) in [5.74, 6) is 0.476. The summed E-state index contributed by atoms with van der Waals surface area (Å²) in [5, 5.41) is 3.06. The molecule has 2 rings (SSSR count). The van der Waals surface area contributed by atoms with Crippen LogP contribution >= 0.6 is 0 Å². The summed E-state index contributed by atoms with van der Waals surface area (Å²) in [4.78, 5) is 14.4. The lowest BCUT2D eigenvalue weighted by atomic mass is 10.0. The Hall–Kier alpha value is -2.01. The average Bonchev–Trinajstić information content (AvgIpc) is 2.57. The maximum Gasteiger partial charge on any atom is 0.251 e. The van der Waals surface area contributed by atoms with E-state index in [1.54, 1.807) is 25.3 Å². The molecule has 0 radical (unpaired) electrons. The number of anilines is 1. The molecule has 0 unspecified atom stereocenters. The number of hydrogen-bond acceptors (Lipinski definition) is 4. The van der Waals surface area contributed by atoms with Crippen LogP contribution in [-0.2, 0) is 0 Å². The highest BCUT2D eigenvalue weighted by atomic mass is 16.5. The lowest BCUT2D eigenvalue weighted by Crippen LogP contribution is -2.43. The molecule has 5 nitrogen and oxygen atoms in total. The van der Waals surface area contributed by atoms with Crippen LogP contribution in [0.4, 0.5) is 5.69 Å². The Balaban J connectivity index is 0.000000593. The normalized spacial score (nSPS) is 15.8. The van der Waals surface area contributed by atoms with E-state index in [9.17, 15) is 4.79 Å². The molecule has 5 heteroatoms. The van der Waals surface area contributed by atoms with Gasteiger partial charge < -0.3 is 20.7 Å². The van der Waals surface area contributed by atoms with E-state index in [-0.39, 0.29) is 11.9 Å². The van der Waals surface area contributed by atoms with Crippen LogP contribution < -0.4 is 15.8 Å². The highest BCUT2D eigenvalue weighted by Crippen LogP contribution is 2.22. The smallest absolute Gasteiger partial charge is 0.251 e. The van der Waals surface area contributed by atoms with Gasteiger partial charge in [0.15, 0.2) is 0 Å². The summed E-state index contributed by atoms with van der Waals surface area (Å²) in [6.45, 7) is 6.05. The molecule has 0 bridgehead atoms. The van der Waals surface area contributed by atoms with Gasteiger partial charge in [0, 0.05) is 11.6 Å². The van der Waals surface area contributed by atoms with Crippen LogP contribution in [0.1, 0.15) is 37.0 Å². The Labute approximate surface area is 139 Å². The fourth-order valence-electron chi connectivity index (χ4n) is 2.27. The standard InChI is InChI=1S/C14H21N3O2.C4H8/c1-17-7-5-11(6-8-17)16-14(18)10-3-4-12(15)13(9-10)19-2;1-3-4-2/h3-4,9,11H,5-8,15H2,1-2H3,(H,16,18);3-4H,1-2H3/b;4-3-. The molecule has 1 amide bonds. The van der Waals surface area contributed by atoms with E-state index in [2.05, 4.69) is 17.3 Å². The van der Waals surface area contributed by atoms with Gasteiger partial charge in [-0.3, -0.25) is 4.79 Å². The van der Waals surface area contributed by atoms with Crippen molar-refractivity contribution >= 4 is 11.6 Å². The number of carbonyl (C=O) groups excluding carboxylic acids is 1. The number of ether oxygens (including phenoxy) is 1. The lowest BCUT2D eigenvalue weighted by Gasteiger charge is -2.29. The quantitative estimate of drug-likeness (QED) is 0.664. The van der Waals surface area contributed by atoms with Gasteiger partial charge in [0.1, 0.15) is 5.75 Å². The molecule has 1 aromatic rings. The number of likely N-dealkylation sites (tertiary alicyclic amines) is 1. The maximum atomic E-state index is 12.2. The third kappa shape index (κ3) is 6.32. The molecular formula is C18H29N3O2. The van der Waals surface area contributed by atoms with Gasteiger partial charge in [-0.05, 0) is 65.0 Å². The summed E-state index contributed by atoms with van der Waals surface area (Å²) in [6.07, 6.45) is 5.99. The second-order valence-corrected chi connectivity index (χ2v) is 5.67. The first-order valence-electron chi connectivity index (χ1n) is 8.02. The molecule has 1 saturated heterocycles. The van der Waals surface area contributed by atoms with Gasteiger partial charge >= 0.3 is 0 Å². The Morgan fingerprint density at radius 1 is 1.30 bits per heavy atom.